The van der Waals surface area contributed by atoms with Crippen molar-refractivity contribution in [2.24, 2.45) is 0 Å². The smallest absolute Gasteiger partial charge is 0.134 e. The third kappa shape index (κ3) is 3.61. The Balaban J connectivity index is 1.64. The summed E-state index contributed by atoms with van der Waals surface area (Å²) in [5.74, 6) is 0.745. The van der Waals surface area contributed by atoms with Crippen molar-refractivity contribution >= 4 is 17.4 Å². The standard InChI is InChI=1S/C11H16ClN3O/c12-10-7-11(15-8-14-10)13-5-6-16-9-3-1-2-4-9/h7-9H,1-6H2,(H,13,14,15). The van der Waals surface area contributed by atoms with Gasteiger partial charge in [-0.1, -0.05) is 24.4 Å². The molecule has 0 radical (unpaired) electrons. The van der Waals surface area contributed by atoms with E-state index in [0.29, 0.717) is 17.9 Å². The van der Waals surface area contributed by atoms with E-state index in [4.69, 9.17) is 16.3 Å². The first kappa shape index (κ1) is 11.6. The van der Waals surface area contributed by atoms with E-state index in [1.165, 1.54) is 32.0 Å². The van der Waals surface area contributed by atoms with Crippen LogP contribution in [0.1, 0.15) is 25.7 Å². The second kappa shape index (κ2) is 6.01. The number of rotatable bonds is 5. The van der Waals surface area contributed by atoms with Crippen LogP contribution in [0.4, 0.5) is 5.82 Å². The van der Waals surface area contributed by atoms with E-state index in [9.17, 15) is 0 Å². The van der Waals surface area contributed by atoms with Crippen LogP contribution in [0, 0.1) is 0 Å². The van der Waals surface area contributed by atoms with Crippen LogP contribution in [0.25, 0.3) is 0 Å². The molecule has 1 aliphatic carbocycles. The van der Waals surface area contributed by atoms with Crippen LogP contribution in [0.2, 0.25) is 5.15 Å². The maximum atomic E-state index is 5.74. The first-order chi connectivity index (χ1) is 7.84. The van der Waals surface area contributed by atoms with Gasteiger partial charge in [-0.25, -0.2) is 9.97 Å². The van der Waals surface area contributed by atoms with Crippen LogP contribution < -0.4 is 5.32 Å². The molecule has 2 rings (SSSR count). The fourth-order valence-electron chi connectivity index (χ4n) is 1.89. The monoisotopic (exact) mass is 241 g/mol. The zero-order valence-corrected chi connectivity index (χ0v) is 9.91. The van der Waals surface area contributed by atoms with Crippen molar-refractivity contribution in [2.45, 2.75) is 31.8 Å². The SMILES string of the molecule is Clc1cc(NCCOC2CCCC2)ncn1. The molecule has 0 amide bonds. The summed E-state index contributed by atoms with van der Waals surface area (Å²) in [6.07, 6.45) is 6.94. The Bertz CT molecular complexity index is 329. The fourth-order valence-corrected chi connectivity index (χ4v) is 2.04. The third-order valence-corrected chi connectivity index (χ3v) is 2.90. The number of anilines is 1. The highest BCUT2D eigenvalue weighted by molar-refractivity contribution is 6.29. The molecule has 1 aliphatic rings. The molecule has 1 aromatic heterocycles. The minimum Gasteiger partial charge on any atom is -0.376 e. The number of aromatic nitrogens is 2. The van der Waals surface area contributed by atoms with Crippen LogP contribution in [0.3, 0.4) is 0 Å². The van der Waals surface area contributed by atoms with Crippen LogP contribution in [0.15, 0.2) is 12.4 Å². The summed E-state index contributed by atoms with van der Waals surface area (Å²) >= 11 is 5.74. The molecular formula is C11H16ClN3O. The molecule has 0 atom stereocenters. The highest BCUT2D eigenvalue weighted by atomic mass is 35.5. The second-order valence-corrected chi connectivity index (χ2v) is 4.32. The van der Waals surface area contributed by atoms with Gasteiger partial charge in [-0.15, -0.1) is 0 Å². The molecule has 0 bridgehead atoms. The van der Waals surface area contributed by atoms with Crippen molar-refractivity contribution in [3.63, 3.8) is 0 Å². The Morgan fingerprint density at radius 2 is 2.19 bits per heavy atom. The van der Waals surface area contributed by atoms with Crippen molar-refractivity contribution in [1.82, 2.24) is 9.97 Å². The van der Waals surface area contributed by atoms with Gasteiger partial charge in [-0.3, -0.25) is 0 Å². The molecule has 1 aromatic rings. The molecule has 0 spiro atoms. The molecule has 1 fully saturated rings. The van der Waals surface area contributed by atoms with Crippen LogP contribution >= 0.6 is 11.6 Å². The summed E-state index contributed by atoms with van der Waals surface area (Å²) in [4.78, 5) is 7.86. The largest absolute Gasteiger partial charge is 0.376 e. The quantitative estimate of drug-likeness (QED) is 0.636. The summed E-state index contributed by atoms with van der Waals surface area (Å²) in [6.45, 7) is 1.47. The highest BCUT2D eigenvalue weighted by Crippen LogP contribution is 2.20. The van der Waals surface area contributed by atoms with E-state index in [2.05, 4.69) is 15.3 Å². The van der Waals surface area contributed by atoms with E-state index in [0.717, 1.165) is 12.4 Å². The van der Waals surface area contributed by atoms with Crippen molar-refractivity contribution in [3.05, 3.63) is 17.5 Å². The number of halogens is 1. The van der Waals surface area contributed by atoms with Crippen LogP contribution in [0.5, 0.6) is 0 Å². The lowest BCUT2D eigenvalue weighted by molar-refractivity contribution is 0.0658. The Morgan fingerprint density at radius 3 is 2.94 bits per heavy atom. The van der Waals surface area contributed by atoms with Crippen molar-refractivity contribution in [3.8, 4) is 0 Å². The molecule has 16 heavy (non-hydrogen) atoms. The lowest BCUT2D eigenvalue weighted by Gasteiger charge is -2.11. The number of nitrogens with zero attached hydrogens (tertiary/aromatic N) is 2. The first-order valence-electron chi connectivity index (χ1n) is 5.67. The van der Waals surface area contributed by atoms with Gasteiger partial charge in [-0.2, -0.15) is 0 Å². The van der Waals surface area contributed by atoms with Gasteiger partial charge in [0.1, 0.15) is 17.3 Å². The van der Waals surface area contributed by atoms with Gasteiger partial charge in [-0.05, 0) is 12.8 Å². The predicted octanol–water partition coefficient (Wildman–Crippen LogP) is 2.50. The summed E-state index contributed by atoms with van der Waals surface area (Å²) in [5.41, 5.74) is 0. The molecule has 88 valence electrons. The lowest BCUT2D eigenvalue weighted by atomic mass is 10.3. The second-order valence-electron chi connectivity index (χ2n) is 3.93. The van der Waals surface area contributed by atoms with E-state index >= 15 is 0 Å². The Morgan fingerprint density at radius 1 is 1.38 bits per heavy atom. The summed E-state index contributed by atoms with van der Waals surface area (Å²) in [6, 6.07) is 1.71. The van der Waals surface area contributed by atoms with E-state index in [-0.39, 0.29) is 0 Å². The molecule has 1 saturated carbocycles. The van der Waals surface area contributed by atoms with Gasteiger partial charge in [0, 0.05) is 12.6 Å². The highest BCUT2D eigenvalue weighted by Gasteiger charge is 2.14. The van der Waals surface area contributed by atoms with E-state index in [1.807, 2.05) is 0 Å². The lowest BCUT2D eigenvalue weighted by Crippen LogP contribution is -2.15. The average Bonchev–Trinajstić information content (AvgIpc) is 2.77. The van der Waals surface area contributed by atoms with Crippen molar-refractivity contribution in [1.29, 1.82) is 0 Å². The molecular weight excluding hydrogens is 226 g/mol. The van der Waals surface area contributed by atoms with Gasteiger partial charge in [0.05, 0.1) is 12.7 Å². The normalized spacial score (nSPS) is 16.6. The van der Waals surface area contributed by atoms with E-state index < -0.39 is 0 Å². The van der Waals surface area contributed by atoms with Gasteiger partial charge in [0.15, 0.2) is 0 Å². The average molecular weight is 242 g/mol. The molecule has 0 unspecified atom stereocenters. The zero-order chi connectivity index (χ0) is 11.2. The summed E-state index contributed by atoms with van der Waals surface area (Å²) < 4.78 is 5.72. The molecule has 0 saturated heterocycles. The summed E-state index contributed by atoms with van der Waals surface area (Å²) in [5, 5.41) is 3.60. The van der Waals surface area contributed by atoms with E-state index in [1.54, 1.807) is 6.07 Å². The van der Waals surface area contributed by atoms with Crippen LogP contribution in [-0.4, -0.2) is 29.2 Å². The molecule has 0 aromatic carbocycles. The molecule has 1 heterocycles. The van der Waals surface area contributed by atoms with Gasteiger partial charge in [0.2, 0.25) is 0 Å². The molecule has 1 N–H and O–H groups in total. The maximum absolute atomic E-state index is 5.74. The Kier molecular flexibility index (Phi) is 4.36. The number of hydrogen-bond donors (Lipinski definition) is 1. The van der Waals surface area contributed by atoms with Gasteiger partial charge < -0.3 is 10.1 Å². The van der Waals surface area contributed by atoms with Crippen molar-refractivity contribution < 1.29 is 4.74 Å². The van der Waals surface area contributed by atoms with Crippen molar-refractivity contribution in [2.75, 3.05) is 18.5 Å². The number of nitrogens with one attached hydrogen (secondary N) is 1. The number of ether oxygens (including phenoxy) is 1. The van der Waals surface area contributed by atoms with Gasteiger partial charge >= 0.3 is 0 Å². The maximum Gasteiger partial charge on any atom is 0.134 e. The predicted molar refractivity (Wildman–Crippen MR) is 63.7 cm³/mol. The number of hydrogen-bond acceptors (Lipinski definition) is 4. The molecule has 5 heteroatoms. The third-order valence-electron chi connectivity index (χ3n) is 2.70. The molecule has 4 nitrogen and oxygen atoms in total. The zero-order valence-electron chi connectivity index (χ0n) is 9.16. The minimum atomic E-state index is 0.453. The minimum absolute atomic E-state index is 0.453. The fraction of sp³-hybridized carbons (Fsp3) is 0.636. The Hall–Kier alpha value is -0.870. The van der Waals surface area contributed by atoms with Gasteiger partial charge in [0.25, 0.3) is 0 Å². The molecule has 0 aliphatic heterocycles. The first-order valence-corrected chi connectivity index (χ1v) is 6.05. The summed E-state index contributed by atoms with van der Waals surface area (Å²) in [7, 11) is 0. The topological polar surface area (TPSA) is 47.0 Å². The van der Waals surface area contributed by atoms with Crippen LogP contribution in [-0.2, 0) is 4.74 Å². The Labute approximate surface area is 100 Å².